The van der Waals surface area contributed by atoms with E-state index in [1.807, 2.05) is 24.3 Å². The lowest BCUT2D eigenvalue weighted by Gasteiger charge is -2.27. The predicted molar refractivity (Wildman–Crippen MR) is 153 cm³/mol. The second-order valence-electron chi connectivity index (χ2n) is 9.21. The summed E-state index contributed by atoms with van der Waals surface area (Å²) in [5.74, 6) is 2.15. The van der Waals surface area contributed by atoms with Crippen molar-refractivity contribution in [2.45, 2.75) is 37.9 Å². The van der Waals surface area contributed by atoms with Crippen LogP contribution in [0.1, 0.15) is 47.3 Å². The average Bonchev–Trinajstić information content (AvgIpc) is 2.89. The smallest absolute Gasteiger partial charge is 0.125 e. The summed E-state index contributed by atoms with van der Waals surface area (Å²) in [6, 6.07) is 21.2. The van der Waals surface area contributed by atoms with Gasteiger partial charge in [-0.25, -0.2) is 0 Å². The highest BCUT2D eigenvalue weighted by Gasteiger charge is 2.24. The Balaban J connectivity index is 0.000000155. The summed E-state index contributed by atoms with van der Waals surface area (Å²) in [4.78, 5) is 0. The fourth-order valence-corrected chi connectivity index (χ4v) is 5.77. The van der Waals surface area contributed by atoms with E-state index in [0.717, 1.165) is 59.4 Å². The van der Waals surface area contributed by atoms with Gasteiger partial charge >= 0.3 is 0 Å². The van der Waals surface area contributed by atoms with Gasteiger partial charge in [-0.1, -0.05) is 58.5 Å². The highest BCUT2D eigenvalue weighted by atomic mass is 35.5. The van der Waals surface area contributed by atoms with Gasteiger partial charge in [-0.15, -0.1) is 0 Å². The van der Waals surface area contributed by atoms with Crippen molar-refractivity contribution in [1.82, 2.24) is 0 Å². The number of ether oxygens (including phenoxy) is 2. The third-order valence-electron chi connectivity index (χ3n) is 6.60. The molecule has 4 aromatic carbocycles. The van der Waals surface area contributed by atoms with Crippen molar-refractivity contribution in [3.63, 3.8) is 0 Å². The van der Waals surface area contributed by atoms with Gasteiger partial charge in [-0.05, 0) is 97.5 Å². The van der Waals surface area contributed by atoms with Gasteiger partial charge in [-0.3, -0.25) is 0 Å². The third kappa shape index (κ3) is 6.10. The minimum absolute atomic E-state index is 0.0678. The van der Waals surface area contributed by atoms with Crippen molar-refractivity contribution in [3.8, 4) is 23.0 Å². The predicted octanol–water partition coefficient (Wildman–Crippen LogP) is 9.53. The molecule has 196 valence electrons. The number of aryl methyl sites for hydroxylation is 2. The van der Waals surface area contributed by atoms with Gasteiger partial charge in [0, 0.05) is 31.2 Å². The van der Waals surface area contributed by atoms with E-state index in [9.17, 15) is 10.2 Å². The van der Waals surface area contributed by atoms with Crippen LogP contribution in [0.15, 0.2) is 72.8 Å². The van der Waals surface area contributed by atoms with Gasteiger partial charge in [0.2, 0.25) is 0 Å². The highest BCUT2D eigenvalue weighted by molar-refractivity contribution is 6.35. The molecule has 0 spiro atoms. The van der Waals surface area contributed by atoms with E-state index in [-0.39, 0.29) is 23.7 Å². The molecule has 4 aromatic rings. The Kier molecular flexibility index (Phi) is 8.15. The van der Waals surface area contributed by atoms with E-state index in [1.165, 1.54) is 0 Å². The number of hydrogen-bond acceptors (Lipinski definition) is 4. The average molecular weight is 590 g/mol. The summed E-state index contributed by atoms with van der Waals surface area (Å²) in [7, 11) is 0. The van der Waals surface area contributed by atoms with E-state index in [1.54, 1.807) is 48.5 Å². The van der Waals surface area contributed by atoms with Crippen LogP contribution in [0, 0.1) is 0 Å². The van der Waals surface area contributed by atoms with Crippen LogP contribution in [0.25, 0.3) is 0 Å². The van der Waals surface area contributed by atoms with Gasteiger partial charge < -0.3 is 19.7 Å². The zero-order chi connectivity index (χ0) is 26.8. The lowest BCUT2D eigenvalue weighted by Crippen LogP contribution is -2.15. The van der Waals surface area contributed by atoms with Crippen LogP contribution in [-0.4, -0.2) is 10.2 Å². The molecule has 0 radical (unpaired) electrons. The molecule has 0 bridgehead atoms. The number of phenols is 2. The van der Waals surface area contributed by atoms with Crippen molar-refractivity contribution in [2.24, 2.45) is 0 Å². The molecular formula is C30H24Cl4O4. The van der Waals surface area contributed by atoms with E-state index >= 15 is 0 Å². The number of benzene rings is 4. The molecule has 6 rings (SSSR count). The fraction of sp³-hybridized carbons (Fsp3) is 0.200. The first kappa shape index (κ1) is 26.8. The lowest BCUT2D eigenvalue weighted by molar-refractivity contribution is 0.176. The summed E-state index contributed by atoms with van der Waals surface area (Å²) in [5.41, 5.74) is 3.96. The molecule has 0 saturated heterocycles. The molecule has 0 aliphatic carbocycles. The maximum absolute atomic E-state index is 9.45. The summed E-state index contributed by atoms with van der Waals surface area (Å²) in [6.45, 7) is 0. The maximum Gasteiger partial charge on any atom is 0.125 e. The topological polar surface area (TPSA) is 58.9 Å². The molecule has 0 saturated carbocycles. The van der Waals surface area contributed by atoms with Crippen LogP contribution in [0.4, 0.5) is 0 Å². The molecule has 2 unspecified atom stereocenters. The summed E-state index contributed by atoms with van der Waals surface area (Å²) in [5, 5.41) is 21.4. The lowest BCUT2D eigenvalue weighted by atomic mass is 9.97. The molecule has 2 aliphatic rings. The van der Waals surface area contributed by atoms with Gasteiger partial charge in [0.1, 0.15) is 35.2 Å². The van der Waals surface area contributed by atoms with Crippen LogP contribution < -0.4 is 9.47 Å². The number of phenolic OH excluding ortho intramolecular Hbond substituents is 2. The molecule has 0 amide bonds. The normalized spacial score (nSPS) is 17.7. The Morgan fingerprint density at radius 2 is 0.974 bits per heavy atom. The minimum Gasteiger partial charge on any atom is -0.508 e. The Morgan fingerprint density at radius 1 is 0.553 bits per heavy atom. The first-order valence-corrected chi connectivity index (χ1v) is 13.6. The van der Waals surface area contributed by atoms with Gasteiger partial charge in [0.15, 0.2) is 0 Å². The van der Waals surface area contributed by atoms with Crippen LogP contribution in [0.2, 0.25) is 20.1 Å². The van der Waals surface area contributed by atoms with Gasteiger partial charge in [-0.2, -0.15) is 0 Å². The summed E-state index contributed by atoms with van der Waals surface area (Å²) < 4.78 is 11.9. The number of rotatable bonds is 2. The number of hydrogen-bond donors (Lipinski definition) is 2. The number of aromatic hydroxyl groups is 2. The second-order valence-corrected chi connectivity index (χ2v) is 10.9. The molecule has 8 heteroatoms. The monoisotopic (exact) mass is 588 g/mol. The molecule has 38 heavy (non-hydrogen) atoms. The molecule has 0 fully saturated rings. The van der Waals surface area contributed by atoms with E-state index in [0.29, 0.717) is 20.1 Å². The zero-order valence-electron chi connectivity index (χ0n) is 20.1. The van der Waals surface area contributed by atoms with Gasteiger partial charge in [0.05, 0.1) is 0 Å². The summed E-state index contributed by atoms with van der Waals surface area (Å²) in [6.07, 6.45) is 3.24. The molecular weight excluding hydrogens is 566 g/mol. The second kappa shape index (κ2) is 11.5. The highest BCUT2D eigenvalue weighted by Crippen LogP contribution is 2.40. The van der Waals surface area contributed by atoms with E-state index < -0.39 is 0 Å². The van der Waals surface area contributed by atoms with Crippen molar-refractivity contribution in [3.05, 3.63) is 115 Å². The first-order chi connectivity index (χ1) is 18.3. The molecule has 0 aromatic heterocycles. The Morgan fingerprint density at radius 3 is 1.37 bits per heavy atom. The van der Waals surface area contributed by atoms with Crippen molar-refractivity contribution in [2.75, 3.05) is 0 Å². The van der Waals surface area contributed by atoms with Crippen LogP contribution >= 0.6 is 46.4 Å². The molecule has 2 heterocycles. The van der Waals surface area contributed by atoms with Gasteiger partial charge in [0.25, 0.3) is 0 Å². The van der Waals surface area contributed by atoms with Crippen molar-refractivity contribution in [1.29, 1.82) is 0 Å². The van der Waals surface area contributed by atoms with Crippen LogP contribution in [0.5, 0.6) is 23.0 Å². The molecule has 4 nitrogen and oxygen atoms in total. The SMILES string of the molecule is Oc1ccc2c(c1)CCC(c1ccc(Cl)cc1Cl)O2.Oc1ccc2c(c1)CCC(c1ccc(Cl)cc1Cl)O2. The minimum atomic E-state index is -0.0678. The number of halogens is 4. The largest absolute Gasteiger partial charge is 0.508 e. The third-order valence-corrected chi connectivity index (χ3v) is 7.72. The quantitative estimate of drug-likeness (QED) is 0.244. The standard InChI is InChI=1S/2C15H12Cl2O2/c2*16-10-2-4-12(13(17)8-10)15-5-1-9-7-11(18)3-6-14(9)19-15/h2*2-4,6-8,15,18H,1,5H2. The van der Waals surface area contributed by atoms with Crippen LogP contribution in [-0.2, 0) is 12.8 Å². The van der Waals surface area contributed by atoms with E-state index in [2.05, 4.69) is 0 Å². The molecule has 2 atom stereocenters. The molecule has 2 aliphatic heterocycles. The van der Waals surface area contributed by atoms with Crippen molar-refractivity contribution < 1.29 is 19.7 Å². The number of fused-ring (bicyclic) bond motifs is 2. The Bertz CT molecular complexity index is 1360. The Hall–Kier alpha value is -2.76. The zero-order valence-corrected chi connectivity index (χ0v) is 23.2. The maximum atomic E-state index is 9.45. The Labute approximate surface area is 241 Å². The van der Waals surface area contributed by atoms with E-state index in [4.69, 9.17) is 55.9 Å². The van der Waals surface area contributed by atoms with Crippen LogP contribution in [0.3, 0.4) is 0 Å². The van der Waals surface area contributed by atoms with Crippen molar-refractivity contribution >= 4 is 46.4 Å². The molecule has 2 N–H and O–H groups in total. The summed E-state index contributed by atoms with van der Waals surface area (Å²) >= 11 is 24.2. The first-order valence-electron chi connectivity index (χ1n) is 12.1. The fourth-order valence-electron chi connectivity index (χ4n) is 4.71.